The predicted octanol–water partition coefficient (Wildman–Crippen LogP) is 5.17. The first-order chi connectivity index (χ1) is 10.5. The van der Waals surface area contributed by atoms with Crippen LogP contribution in [-0.2, 0) is 0 Å². The van der Waals surface area contributed by atoms with Crippen molar-refractivity contribution in [2.75, 3.05) is 5.32 Å². The Kier molecular flexibility index (Phi) is 5.56. The third kappa shape index (κ3) is 4.08. The summed E-state index contributed by atoms with van der Waals surface area (Å²) in [7, 11) is 0. The van der Waals surface area contributed by atoms with Gasteiger partial charge in [-0.2, -0.15) is 0 Å². The van der Waals surface area contributed by atoms with E-state index in [4.69, 9.17) is 12.2 Å². The minimum Gasteiger partial charge on any atom is -0.356 e. The fraction of sp³-hybridized carbons (Fsp3) is 0.316. The summed E-state index contributed by atoms with van der Waals surface area (Å²) in [5.74, 6) is 0.455. The Morgan fingerprint density at radius 1 is 0.955 bits per heavy atom. The molecule has 1 atom stereocenters. The molecule has 0 aliphatic rings. The van der Waals surface area contributed by atoms with Gasteiger partial charge in [0, 0.05) is 5.69 Å². The number of para-hydroxylation sites is 1. The molecule has 0 spiro atoms. The molecule has 2 aromatic rings. The third-order valence-electron chi connectivity index (χ3n) is 3.81. The third-order valence-corrected chi connectivity index (χ3v) is 4.03. The minimum absolute atomic E-state index is 0.174. The maximum atomic E-state index is 5.50. The molecule has 0 aliphatic carbocycles. The second kappa shape index (κ2) is 7.41. The lowest BCUT2D eigenvalue weighted by molar-refractivity contribution is 0.722. The molecule has 2 N–H and O–H groups in total. The van der Waals surface area contributed by atoms with Crippen molar-refractivity contribution in [2.24, 2.45) is 0 Å². The maximum absolute atomic E-state index is 5.50. The second-order valence-corrected chi connectivity index (χ2v) is 6.33. The summed E-state index contributed by atoms with van der Waals surface area (Å²) >= 11 is 5.50. The van der Waals surface area contributed by atoms with Gasteiger partial charge in [0.2, 0.25) is 0 Å². The average molecular weight is 312 g/mol. The van der Waals surface area contributed by atoms with Crippen molar-refractivity contribution in [1.29, 1.82) is 0 Å². The molecule has 3 heteroatoms. The molecule has 0 aromatic heterocycles. The first-order valence-electron chi connectivity index (χ1n) is 7.71. The van der Waals surface area contributed by atoms with Crippen molar-refractivity contribution in [3.8, 4) is 0 Å². The molecule has 116 valence electrons. The van der Waals surface area contributed by atoms with Gasteiger partial charge in [-0.25, -0.2) is 0 Å². The van der Waals surface area contributed by atoms with Gasteiger partial charge in [0.25, 0.3) is 0 Å². The summed E-state index contributed by atoms with van der Waals surface area (Å²) < 4.78 is 0. The van der Waals surface area contributed by atoms with Crippen molar-refractivity contribution in [1.82, 2.24) is 5.32 Å². The minimum atomic E-state index is 0.174. The van der Waals surface area contributed by atoms with Crippen LogP contribution in [0.1, 0.15) is 49.4 Å². The molecule has 2 aromatic carbocycles. The van der Waals surface area contributed by atoms with Crippen LogP contribution in [0.15, 0.2) is 48.5 Å². The highest BCUT2D eigenvalue weighted by Crippen LogP contribution is 2.27. The highest BCUT2D eigenvalue weighted by Gasteiger charge is 2.12. The van der Waals surface area contributed by atoms with Crippen LogP contribution in [0.3, 0.4) is 0 Å². The quantitative estimate of drug-likeness (QED) is 0.762. The lowest BCUT2D eigenvalue weighted by Gasteiger charge is -2.21. The summed E-state index contributed by atoms with van der Waals surface area (Å²) in [6.45, 7) is 8.62. The fourth-order valence-corrected chi connectivity index (χ4v) is 2.79. The zero-order valence-electron chi connectivity index (χ0n) is 13.7. The van der Waals surface area contributed by atoms with Crippen LogP contribution in [0.25, 0.3) is 0 Å². The van der Waals surface area contributed by atoms with Crippen LogP contribution in [0.5, 0.6) is 0 Å². The zero-order chi connectivity index (χ0) is 16.1. The van der Waals surface area contributed by atoms with E-state index in [9.17, 15) is 0 Å². The van der Waals surface area contributed by atoms with E-state index >= 15 is 0 Å². The average Bonchev–Trinajstić information content (AvgIpc) is 2.49. The molecule has 0 saturated heterocycles. The number of anilines is 1. The van der Waals surface area contributed by atoms with E-state index in [1.165, 1.54) is 16.7 Å². The van der Waals surface area contributed by atoms with E-state index in [0.717, 1.165) is 5.69 Å². The Morgan fingerprint density at radius 3 is 2.27 bits per heavy atom. The molecule has 2 nitrogen and oxygen atoms in total. The molecular formula is C19H24N2S. The lowest BCUT2D eigenvalue weighted by Crippen LogP contribution is -2.31. The SMILES string of the molecule is Cc1cccc(C(C)C)c1NC(=S)NC(C)c1ccccc1. The van der Waals surface area contributed by atoms with Crippen molar-refractivity contribution in [3.63, 3.8) is 0 Å². The van der Waals surface area contributed by atoms with Crippen LogP contribution in [0, 0.1) is 6.92 Å². The van der Waals surface area contributed by atoms with E-state index < -0.39 is 0 Å². The Labute approximate surface area is 139 Å². The van der Waals surface area contributed by atoms with Crippen molar-refractivity contribution >= 4 is 23.0 Å². The van der Waals surface area contributed by atoms with Crippen LogP contribution >= 0.6 is 12.2 Å². The summed E-state index contributed by atoms with van der Waals surface area (Å²) in [5, 5.41) is 7.40. The fourth-order valence-electron chi connectivity index (χ4n) is 2.51. The molecule has 0 fully saturated rings. The molecule has 0 heterocycles. The summed E-state index contributed by atoms with van der Waals surface area (Å²) in [4.78, 5) is 0. The Morgan fingerprint density at radius 2 is 1.64 bits per heavy atom. The Bertz CT molecular complexity index is 635. The van der Waals surface area contributed by atoms with E-state index in [2.05, 4.69) is 68.7 Å². The van der Waals surface area contributed by atoms with Crippen molar-refractivity contribution in [2.45, 2.75) is 39.7 Å². The van der Waals surface area contributed by atoms with Crippen LogP contribution in [0.2, 0.25) is 0 Å². The molecule has 0 saturated carbocycles. The first kappa shape index (κ1) is 16.5. The highest BCUT2D eigenvalue weighted by molar-refractivity contribution is 7.80. The number of nitrogens with one attached hydrogen (secondary N) is 2. The first-order valence-corrected chi connectivity index (χ1v) is 8.12. The number of hydrogen-bond donors (Lipinski definition) is 2. The molecule has 0 radical (unpaired) electrons. The second-order valence-electron chi connectivity index (χ2n) is 5.92. The topological polar surface area (TPSA) is 24.1 Å². The van der Waals surface area contributed by atoms with Crippen molar-refractivity contribution in [3.05, 3.63) is 65.2 Å². The lowest BCUT2D eigenvalue weighted by atomic mass is 9.98. The molecule has 2 rings (SSSR count). The summed E-state index contributed by atoms with van der Waals surface area (Å²) in [6, 6.07) is 16.9. The standard InChI is InChI=1S/C19H24N2S/c1-13(2)17-12-8-9-14(3)18(17)21-19(22)20-15(4)16-10-6-5-7-11-16/h5-13,15H,1-4H3,(H2,20,21,22). The van der Waals surface area contributed by atoms with E-state index in [1.807, 2.05) is 18.2 Å². The molecule has 22 heavy (non-hydrogen) atoms. The zero-order valence-corrected chi connectivity index (χ0v) is 14.5. The number of rotatable bonds is 4. The molecule has 0 bridgehead atoms. The van der Waals surface area contributed by atoms with Gasteiger partial charge < -0.3 is 10.6 Å². The smallest absolute Gasteiger partial charge is 0.171 e. The van der Waals surface area contributed by atoms with Gasteiger partial charge in [0.15, 0.2) is 5.11 Å². The molecule has 0 aliphatic heterocycles. The monoisotopic (exact) mass is 312 g/mol. The van der Waals surface area contributed by atoms with Crippen LogP contribution < -0.4 is 10.6 Å². The van der Waals surface area contributed by atoms with Gasteiger partial charge in [-0.3, -0.25) is 0 Å². The van der Waals surface area contributed by atoms with Gasteiger partial charge in [-0.15, -0.1) is 0 Å². The van der Waals surface area contributed by atoms with Crippen molar-refractivity contribution < 1.29 is 0 Å². The highest BCUT2D eigenvalue weighted by atomic mass is 32.1. The summed E-state index contributed by atoms with van der Waals surface area (Å²) in [5.41, 5.74) is 4.84. The molecule has 1 unspecified atom stereocenters. The molecule has 0 amide bonds. The van der Waals surface area contributed by atoms with E-state index in [0.29, 0.717) is 11.0 Å². The number of aryl methyl sites for hydroxylation is 1. The van der Waals surface area contributed by atoms with Gasteiger partial charge >= 0.3 is 0 Å². The Hall–Kier alpha value is -1.87. The number of thiocarbonyl (C=S) groups is 1. The molecular weight excluding hydrogens is 288 g/mol. The summed E-state index contributed by atoms with van der Waals surface area (Å²) in [6.07, 6.45) is 0. The van der Waals surface area contributed by atoms with Gasteiger partial charge in [-0.05, 0) is 48.7 Å². The van der Waals surface area contributed by atoms with Crippen LogP contribution in [-0.4, -0.2) is 5.11 Å². The maximum Gasteiger partial charge on any atom is 0.171 e. The predicted molar refractivity (Wildman–Crippen MR) is 99.5 cm³/mol. The number of hydrogen-bond acceptors (Lipinski definition) is 1. The largest absolute Gasteiger partial charge is 0.356 e. The normalized spacial score (nSPS) is 12.0. The van der Waals surface area contributed by atoms with Gasteiger partial charge in [-0.1, -0.05) is 62.4 Å². The van der Waals surface area contributed by atoms with E-state index in [-0.39, 0.29) is 6.04 Å². The van der Waals surface area contributed by atoms with Crippen LogP contribution in [0.4, 0.5) is 5.69 Å². The van der Waals surface area contributed by atoms with Gasteiger partial charge in [0.1, 0.15) is 0 Å². The Balaban J connectivity index is 2.10. The van der Waals surface area contributed by atoms with E-state index in [1.54, 1.807) is 0 Å². The number of benzene rings is 2. The van der Waals surface area contributed by atoms with Gasteiger partial charge in [0.05, 0.1) is 6.04 Å².